The molecule has 0 aliphatic carbocycles. The van der Waals surface area contributed by atoms with Crippen LogP contribution in [-0.2, 0) is 4.79 Å². The molecule has 1 rings (SSSR count). The van der Waals surface area contributed by atoms with E-state index in [9.17, 15) is 4.79 Å². The minimum Gasteiger partial charge on any atom is -0.159 e. The van der Waals surface area contributed by atoms with Gasteiger partial charge in [-0.05, 0) is 0 Å². The Morgan fingerprint density at radius 1 is 1.60 bits per heavy atom. The molecule has 0 amide bonds. The summed E-state index contributed by atoms with van der Waals surface area (Å²) in [5, 5.41) is 0. The molecule has 0 N–H and O–H groups in total. The predicted octanol–water partition coefficient (Wildman–Crippen LogP) is -0.652. The molecule has 1 fully saturated rings. The fourth-order valence-electron chi connectivity index (χ4n) is 0.141. The summed E-state index contributed by atoms with van der Waals surface area (Å²) in [6.07, 6.45) is 1.72. The van der Waals surface area contributed by atoms with Crippen molar-refractivity contribution in [3.05, 3.63) is 0 Å². The molecule has 0 saturated carbocycles. The molecular formula is C3H4NO+. The lowest BCUT2D eigenvalue weighted by atomic mass is 11.0. The third-order valence-electron chi connectivity index (χ3n) is 0.576. The number of hydrogen-bond donors (Lipinski definition) is 0. The molecule has 26 valence electrons. The summed E-state index contributed by atoms with van der Waals surface area (Å²) in [6.45, 7) is 1.84. The van der Waals surface area contributed by atoms with Crippen molar-refractivity contribution in [1.29, 1.82) is 0 Å². The molecule has 2 heteroatoms. The molecular weight excluding hydrogens is 66.0 g/mol. The van der Waals surface area contributed by atoms with Gasteiger partial charge in [0.05, 0.1) is 0 Å². The molecule has 5 heavy (non-hydrogen) atoms. The first kappa shape index (κ1) is 2.61. The largest absolute Gasteiger partial charge is 0.424 e. The van der Waals surface area contributed by atoms with Crippen LogP contribution in [0, 0.1) is 0 Å². The first-order valence-electron chi connectivity index (χ1n) is 1.56. The molecule has 1 saturated heterocycles. The molecule has 0 atom stereocenters. The number of carbonyl (C=O) groups excluding carboxylic acids is 1. The lowest BCUT2D eigenvalue weighted by molar-refractivity contribution is -0.332. The number of isocyanates is 1. The van der Waals surface area contributed by atoms with E-state index in [1.165, 1.54) is 0 Å². The Balaban J connectivity index is 2.80. The van der Waals surface area contributed by atoms with E-state index in [1.54, 1.807) is 10.7 Å². The van der Waals surface area contributed by atoms with E-state index in [0.717, 1.165) is 13.1 Å². The summed E-state index contributed by atoms with van der Waals surface area (Å²) in [7, 11) is 0. The molecule has 0 radical (unpaired) electrons. The van der Waals surface area contributed by atoms with Crippen LogP contribution in [0.2, 0.25) is 0 Å². The van der Waals surface area contributed by atoms with E-state index in [-0.39, 0.29) is 0 Å². The Labute approximate surface area is 29.7 Å². The van der Waals surface area contributed by atoms with Crippen LogP contribution < -0.4 is 0 Å². The van der Waals surface area contributed by atoms with Crippen LogP contribution in [0.1, 0.15) is 0 Å². The van der Waals surface area contributed by atoms with Crippen LogP contribution >= 0.6 is 0 Å². The Hall–Kier alpha value is -0.620. The van der Waals surface area contributed by atoms with Gasteiger partial charge in [-0.1, -0.05) is 0 Å². The molecule has 1 aliphatic rings. The second-order valence-electron chi connectivity index (χ2n) is 1.08. The molecule has 1 aliphatic heterocycles. The van der Waals surface area contributed by atoms with Crippen LogP contribution in [0.4, 0.5) is 0 Å². The highest BCUT2D eigenvalue weighted by Gasteiger charge is 2.20. The van der Waals surface area contributed by atoms with Crippen LogP contribution in [0.25, 0.3) is 0 Å². The van der Waals surface area contributed by atoms with Crippen molar-refractivity contribution in [3.63, 3.8) is 0 Å². The topological polar surface area (TPSA) is 20.1 Å². The summed E-state index contributed by atoms with van der Waals surface area (Å²) in [5.41, 5.74) is 0. The average Bonchev–Trinajstić information content (AvgIpc) is 2.12. The zero-order valence-corrected chi connectivity index (χ0v) is 2.77. The van der Waals surface area contributed by atoms with E-state index < -0.39 is 0 Å². The Morgan fingerprint density at radius 3 is 2.20 bits per heavy atom. The third kappa shape index (κ3) is 0.336. The first-order chi connectivity index (χ1) is 2.43. The van der Waals surface area contributed by atoms with Crippen molar-refractivity contribution in [2.24, 2.45) is 0 Å². The molecule has 0 bridgehead atoms. The van der Waals surface area contributed by atoms with E-state index in [1.807, 2.05) is 0 Å². The fourth-order valence-corrected chi connectivity index (χ4v) is 0.141. The first-order valence-corrected chi connectivity index (χ1v) is 1.56. The van der Waals surface area contributed by atoms with Crippen molar-refractivity contribution < 1.29 is 9.37 Å². The number of hydrogen-bond acceptors (Lipinski definition) is 1. The molecule has 0 spiro atoms. The normalized spacial score (nSPS) is 18.0. The van der Waals surface area contributed by atoms with Crippen molar-refractivity contribution in [2.45, 2.75) is 0 Å². The lowest BCUT2D eigenvalue weighted by Gasteiger charge is -1.31. The van der Waals surface area contributed by atoms with Crippen molar-refractivity contribution in [3.8, 4) is 0 Å². The molecule has 0 aromatic carbocycles. The van der Waals surface area contributed by atoms with E-state index in [0.29, 0.717) is 0 Å². The summed E-state index contributed by atoms with van der Waals surface area (Å²) in [5.74, 6) is 0. The maximum absolute atomic E-state index is 9.37. The highest BCUT2D eigenvalue weighted by atomic mass is 16.1. The minimum atomic E-state index is 0.920. The van der Waals surface area contributed by atoms with Gasteiger partial charge in [-0.3, -0.25) is 0 Å². The van der Waals surface area contributed by atoms with Crippen molar-refractivity contribution in [2.75, 3.05) is 13.1 Å². The van der Waals surface area contributed by atoms with Gasteiger partial charge >= 0.3 is 6.08 Å². The molecule has 0 aromatic rings. The van der Waals surface area contributed by atoms with Crippen molar-refractivity contribution in [1.82, 2.24) is 0 Å². The molecule has 1 heterocycles. The van der Waals surface area contributed by atoms with Gasteiger partial charge in [-0.15, -0.1) is 4.58 Å². The second-order valence-corrected chi connectivity index (χ2v) is 1.08. The quantitative estimate of drug-likeness (QED) is 0.210. The summed E-state index contributed by atoms with van der Waals surface area (Å²) >= 11 is 0. The van der Waals surface area contributed by atoms with Gasteiger partial charge in [-0.2, -0.15) is 4.79 Å². The van der Waals surface area contributed by atoms with Crippen molar-refractivity contribution >= 4 is 6.08 Å². The van der Waals surface area contributed by atoms with Gasteiger partial charge in [0.2, 0.25) is 13.1 Å². The summed E-state index contributed by atoms with van der Waals surface area (Å²) in [6, 6.07) is 0. The minimum absolute atomic E-state index is 0.920. The Kier molecular flexibility index (Phi) is 0.345. The van der Waals surface area contributed by atoms with Gasteiger partial charge in [0.25, 0.3) is 0 Å². The van der Waals surface area contributed by atoms with Crippen LogP contribution in [0.3, 0.4) is 0 Å². The number of rotatable bonds is 0. The lowest BCUT2D eigenvalue weighted by Crippen LogP contribution is -1.64. The standard InChI is InChI=1S/C3H4NO/c5-3-4-1-2-4/h1-2H2/q+1. The number of nitrogens with zero attached hydrogens (tertiary/aromatic N) is 1. The second kappa shape index (κ2) is 0.661. The Bertz CT molecular complexity index is 85.1. The van der Waals surface area contributed by atoms with E-state index in [4.69, 9.17) is 0 Å². The summed E-state index contributed by atoms with van der Waals surface area (Å²) in [4.78, 5) is 9.37. The fraction of sp³-hybridized carbons (Fsp3) is 0.667. The SMILES string of the molecule is O=C=[N+]1CC1. The van der Waals surface area contributed by atoms with Crippen LogP contribution in [-0.4, -0.2) is 23.7 Å². The monoisotopic (exact) mass is 70.0 g/mol. The molecule has 2 nitrogen and oxygen atoms in total. The van der Waals surface area contributed by atoms with Gasteiger partial charge in [0.1, 0.15) is 0 Å². The Morgan fingerprint density at radius 2 is 2.20 bits per heavy atom. The van der Waals surface area contributed by atoms with Gasteiger partial charge in [0, 0.05) is 0 Å². The third-order valence-corrected chi connectivity index (χ3v) is 0.576. The van der Waals surface area contributed by atoms with Gasteiger partial charge in [0.15, 0.2) is 0 Å². The average molecular weight is 70.1 g/mol. The zero-order valence-electron chi connectivity index (χ0n) is 2.77. The van der Waals surface area contributed by atoms with Crippen LogP contribution in [0.15, 0.2) is 0 Å². The predicted molar refractivity (Wildman–Crippen MR) is 15.7 cm³/mol. The van der Waals surface area contributed by atoms with Gasteiger partial charge < -0.3 is 0 Å². The zero-order chi connectivity index (χ0) is 3.70. The molecule has 0 aromatic heterocycles. The molecule has 0 unspecified atom stereocenters. The smallest absolute Gasteiger partial charge is 0.159 e. The maximum Gasteiger partial charge on any atom is 0.424 e. The van der Waals surface area contributed by atoms with E-state index >= 15 is 0 Å². The maximum atomic E-state index is 9.37. The van der Waals surface area contributed by atoms with Gasteiger partial charge in [-0.25, -0.2) is 0 Å². The summed E-state index contributed by atoms with van der Waals surface area (Å²) < 4.78 is 1.57. The highest BCUT2D eigenvalue weighted by Crippen LogP contribution is 1.84. The van der Waals surface area contributed by atoms with E-state index in [2.05, 4.69) is 0 Å². The van der Waals surface area contributed by atoms with Crippen LogP contribution in [0.5, 0.6) is 0 Å². The highest BCUT2D eigenvalue weighted by molar-refractivity contribution is 5.25.